The van der Waals surface area contributed by atoms with Crippen LogP contribution in [0.2, 0.25) is 5.02 Å². The predicted molar refractivity (Wildman–Crippen MR) is 142 cm³/mol. The Morgan fingerprint density at radius 2 is 1.72 bits per heavy atom. The second kappa shape index (κ2) is 10.8. The van der Waals surface area contributed by atoms with Crippen molar-refractivity contribution in [2.24, 2.45) is 0 Å². The van der Waals surface area contributed by atoms with Crippen LogP contribution in [0.5, 0.6) is 5.75 Å². The first-order valence-electron chi connectivity index (χ1n) is 11.8. The molecule has 1 heterocycles. The van der Waals surface area contributed by atoms with Gasteiger partial charge < -0.3 is 19.7 Å². The predicted octanol–water partition coefficient (Wildman–Crippen LogP) is 5.14. The molecule has 2 N–H and O–H groups in total. The number of aliphatic hydroxyl groups is 1. The van der Waals surface area contributed by atoms with Gasteiger partial charge in [0, 0.05) is 11.6 Å². The molecule has 5 rings (SSSR count). The van der Waals surface area contributed by atoms with E-state index < -0.39 is 6.10 Å². The van der Waals surface area contributed by atoms with E-state index in [0.29, 0.717) is 23.1 Å². The summed E-state index contributed by atoms with van der Waals surface area (Å²) < 4.78 is 7.78. The largest absolute Gasteiger partial charge is 0.491 e. The van der Waals surface area contributed by atoms with Crippen molar-refractivity contribution in [1.29, 1.82) is 0 Å². The molecular weight excluding hydrogens is 474 g/mol. The molecule has 1 atom stereocenters. The molecule has 0 aliphatic heterocycles. The molecule has 0 fully saturated rings. The van der Waals surface area contributed by atoms with Crippen molar-refractivity contribution in [3.8, 4) is 5.75 Å². The van der Waals surface area contributed by atoms with Gasteiger partial charge in [0.2, 0.25) is 5.91 Å². The minimum Gasteiger partial charge on any atom is -0.491 e. The molecule has 0 spiro atoms. The third-order valence-electron chi connectivity index (χ3n) is 6.01. The zero-order valence-corrected chi connectivity index (χ0v) is 20.4. The summed E-state index contributed by atoms with van der Waals surface area (Å²) in [6.45, 7) is 0.777. The van der Waals surface area contributed by atoms with Crippen molar-refractivity contribution in [2.75, 3.05) is 6.61 Å². The van der Waals surface area contributed by atoms with E-state index in [1.54, 1.807) is 12.1 Å². The number of fused-ring (bicyclic) bond motifs is 2. The van der Waals surface area contributed by atoms with Gasteiger partial charge in [0.05, 0.1) is 24.0 Å². The summed E-state index contributed by atoms with van der Waals surface area (Å²) in [4.78, 5) is 17.4. The summed E-state index contributed by atoms with van der Waals surface area (Å²) in [5.41, 5.74) is 2.60. The molecule has 0 aliphatic carbocycles. The highest BCUT2D eigenvalue weighted by Crippen LogP contribution is 2.21. The van der Waals surface area contributed by atoms with Crippen molar-refractivity contribution < 1.29 is 14.6 Å². The van der Waals surface area contributed by atoms with Crippen LogP contribution in [0.4, 0.5) is 0 Å². The number of nitrogens with zero attached hydrogens (tertiary/aromatic N) is 2. The zero-order chi connectivity index (χ0) is 24.9. The number of benzene rings is 4. The van der Waals surface area contributed by atoms with Crippen LogP contribution in [0.3, 0.4) is 0 Å². The SMILES string of the molecule is O=C(Cc1nc2ccccc2n1CC(O)COc1ccc2ccccc2c1)NCc1ccc(Cl)cc1. The molecule has 5 aromatic rings. The number of hydrogen-bond donors (Lipinski definition) is 2. The number of amides is 1. The van der Waals surface area contributed by atoms with Crippen molar-refractivity contribution in [1.82, 2.24) is 14.9 Å². The van der Waals surface area contributed by atoms with Crippen LogP contribution < -0.4 is 10.1 Å². The summed E-state index contributed by atoms with van der Waals surface area (Å²) >= 11 is 5.93. The lowest BCUT2D eigenvalue weighted by Crippen LogP contribution is -2.28. The third kappa shape index (κ3) is 5.67. The second-order valence-electron chi connectivity index (χ2n) is 8.68. The maximum atomic E-state index is 12.7. The van der Waals surface area contributed by atoms with Crippen LogP contribution in [0.1, 0.15) is 11.4 Å². The maximum Gasteiger partial charge on any atom is 0.227 e. The topological polar surface area (TPSA) is 76.4 Å². The normalized spacial score (nSPS) is 12.1. The van der Waals surface area contributed by atoms with Crippen LogP contribution in [0.25, 0.3) is 21.8 Å². The lowest BCUT2D eigenvalue weighted by Gasteiger charge is -2.16. The third-order valence-corrected chi connectivity index (χ3v) is 6.26. The monoisotopic (exact) mass is 499 g/mol. The molecule has 0 saturated carbocycles. The molecule has 0 saturated heterocycles. The van der Waals surface area contributed by atoms with E-state index in [0.717, 1.165) is 27.4 Å². The van der Waals surface area contributed by atoms with E-state index in [9.17, 15) is 9.90 Å². The number of carbonyl (C=O) groups excluding carboxylic acids is 1. The molecule has 182 valence electrons. The van der Waals surface area contributed by atoms with Gasteiger partial charge in [0.15, 0.2) is 0 Å². The number of halogens is 1. The van der Waals surface area contributed by atoms with Crippen LogP contribution in [0, 0.1) is 0 Å². The van der Waals surface area contributed by atoms with Gasteiger partial charge in [-0.25, -0.2) is 4.98 Å². The number of aromatic nitrogens is 2. The molecule has 0 bridgehead atoms. The van der Waals surface area contributed by atoms with E-state index in [4.69, 9.17) is 16.3 Å². The van der Waals surface area contributed by atoms with E-state index in [2.05, 4.69) is 10.3 Å². The lowest BCUT2D eigenvalue weighted by molar-refractivity contribution is -0.120. The minimum atomic E-state index is -0.787. The van der Waals surface area contributed by atoms with Crippen LogP contribution in [-0.4, -0.2) is 33.3 Å². The quantitative estimate of drug-likeness (QED) is 0.294. The van der Waals surface area contributed by atoms with Crippen LogP contribution in [-0.2, 0) is 24.3 Å². The number of rotatable bonds is 9. The first-order chi connectivity index (χ1) is 17.5. The Morgan fingerprint density at radius 1 is 0.972 bits per heavy atom. The summed E-state index contributed by atoms with van der Waals surface area (Å²) in [7, 11) is 0. The fraction of sp³-hybridized carbons (Fsp3) is 0.172. The van der Waals surface area contributed by atoms with Gasteiger partial charge in [-0.15, -0.1) is 0 Å². The average Bonchev–Trinajstić information content (AvgIpc) is 3.23. The Labute approximate surface area is 214 Å². The molecular formula is C29H26ClN3O3. The fourth-order valence-electron chi connectivity index (χ4n) is 4.19. The summed E-state index contributed by atoms with van der Waals surface area (Å²) in [5, 5.41) is 16.6. The van der Waals surface area contributed by atoms with Crippen molar-refractivity contribution in [3.05, 3.63) is 107 Å². The molecule has 36 heavy (non-hydrogen) atoms. The summed E-state index contributed by atoms with van der Waals surface area (Å²) in [5.74, 6) is 1.14. The number of imidazole rings is 1. The first kappa shape index (κ1) is 23.9. The van der Waals surface area contributed by atoms with Crippen molar-refractivity contribution >= 4 is 39.3 Å². The fourth-order valence-corrected chi connectivity index (χ4v) is 4.31. The highest BCUT2D eigenvalue weighted by molar-refractivity contribution is 6.30. The first-order valence-corrected chi connectivity index (χ1v) is 12.2. The molecule has 1 amide bonds. The number of carbonyl (C=O) groups is 1. The lowest BCUT2D eigenvalue weighted by atomic mass is 10.1. The zero-order valence-electron chi connectivity index (χ0n) is 19.6. The van der Waals surface area contributed by atoms with E-state index in [1.165, 1.54) is 0 Å². The molecule has 1 aromatic heterocycles. The minimum absolute atomic E-state index is 0.0977. The average molecular weight is 500 g/mol. The standard InChI is InChI=1S/C29H26ClN3O3/c30-23-12-9-20(10-13-23)17-31-29(35)16-28-32-26-7-3-4-8-27(26)33(28)18-24(34)19-36-25-14-11-21-5-1-2-6-22(21)15-25/h1-15,24,34H,16-19H2,(H,31,35). The van der Waals surface area contributed by atoms with Gasteiger partial charge in [-0.3, -0.25) is 4.79 Å². The Kier molecular flexibility index (Phi) is 7.16. The Balaban J connectivity index is 1.25. The molecule has 4 aromatic carbocycles. The number of ether oxygens (including phenoxy) is 1. The summed E-state index contributed by atoms with van der Waals surface area (Å²) in [6, 6.07) is 28.9. The van der Waals surface area contributed by atoms with Gasteiger partial charge in [0.1, 0.15) is 24.3 Å². The molecule has 0 radical (unpaired) electrons. The smallest absolute Gasteiger partial charge is 0.227 e. The van der Waals surface area contributed by atoms with Crippen LogP contribution >= 0.6 is 11.6 Å². The van der Waals surface area contributed by atoms with E-state index in [1.807, 2.05) is 83.4 Å². The highest BCUT2D eigenvalue weighted by atomic mass is 35.5. The number of hydrogen-bond acceptors (Lipinski definition) is 4. The Hall–Kier alpha value is -3.87. The summed E-state index contributed by atoms with van der Waals surface area (Å²) in [6.07, 6.45) is -0.689. The van der Waals surface area contributed by atoms with E-state index in [-0.39, 0.29) is 25.5 Å². The van der Waals surface area contributed by atoms with Crippen molar-refractivity contribution in [3.63, 3.8) is 0 Å². The van der Waals surface area contributed by atoms with Gasteiger partial charge in [0.25, 0.3) is 0 Å². The Bertz CT molecular complexity index is 1500. The molecule has 0 aliphatic rings. The number of para-hydroxylation sites is 2. The highest BCUT2D eigenvalue weighted by Gasteiger charge is 2.17. The van der Waals surface area contributed by atoms with Crippen molar-refractivity contribution in [2.45, 2.75) is 25.6 Å². The second-order valence-corrected chi connectivity index (χ2v) is 9.12. The van der Waals surface area contributed by atoms with Gasteiger partial charge in [-0.1, -0.05) is 66.2 Å². The Morgan fingerprint density at radius 3 is 2.56 bits per heavy atom. The van der Waals surface area contributed by atoms with Crippen LogP contribution in [0.15, 0.2) is 91.0 Å². The molecule has 7 heteroatoms. The number of nitrogens with one attached hydrogen (secondary N) is 1. The van der Waals surface area contributed by atoms with Gasteiger partial charge in [-0.05, 0) is 52.7 Å². The van der Waals surface area contributed by atoms with E-state index >= 15 is 0 Å². The number of aliphatic hydroxyl groups excluding tert-OH is 1. The molecule has 6 nitrogen and oxygen atoms in total. The maximum absolute atomic E-state index is 12.7. The van der Waals surface area contributed by atoms with Gasteiger partial charge in [-0.2, -0.15) is 0 Å². The molecule has 1 unspecified atom stereocenters. The van der Waals surface area contributed by atoms with Gasteiger partial charge >= 0.3 is 0 Å².